The molecule has 0 aliphatic heterocycles. The summed E-state index contributed by atoms with van der Waals surface area (Å²) >= 11 is 0. The Morgan fingerprint density at radius 2 is 1.45 bits per heavy atom. The largest absolute Gasteiger partial charge is 0.346 e. The van der Waals surface area contributed by atoms with E-state index in [1.807, 2.05) is 0 Å². The van der Waals surface area contributed by atoms with Gasteiger partial charge in [-0.05, 0) is 38.6 Å². The van der Waals surface area contributed by atoms with Crippen molar-refractivity contribution in [1.29, 1.82) is 0 Å². The first-order valence-electron chi connectivity index (χ1n) is 8.22. The Labute approximate surface area is 130 Å². The Hall–Kier alpha value is 0.0638. The predicted octanol–water partition coefficient (Wildman–Crippen LogP) is 5.25. The summed E-state index contributed by atoms with van der Waals surface area (Å²) in [4.78, 5) is 4.71. The van der Waals surface area contributed by atoms with Gasteiger partial charge in [-0.2, -0.15) is 0 Å². The lowest BCUT2D eigenvalue weighted by Gasteiger charge is -2.43. The third-order valence-corrected chi connectivity index (χ3v) is 11.2. The highest BCUT2D eigenvalue weighted by atomic mass is 28.4. The van der Waals surface area contributed by atoms with Crippen molar-refractivity contribution in [3.8, 4) is 0 Å². The van der Waals surface area contributed by atoms with E-state index < -0.39 is 16.5 Å². The molecule has 120 valence electrons. The van der Waals surface area contributed by atoms with Gasteiger partial charge in [-0.1, -0.05) is 53.1 Å². The molecule has 0 atom stereocenters. The Kier molecular flexibility index (Phi) is 8.52. The molecule has 0 bridgehead atoms. The fraction of sp³-hybridized carbons (Fsp3) is 0.938. The van der Waals surface area contributed by atoms with Crippen molar-refractivity contribution in [1.82, 2.24) is 4.23 Å². The van der Waals surface area contributed by atoms with Crippen molar-refractivity contribution in [2.45, 2.75) is 79.3 Å². The van der Waals surface area contributed by atoms with Gasteiger partial charge in [0.05, 0.1) is 0 Å². The van der Waals surface area contributed by atoms with Gasteiger partial charge in [0.2, 0.25) is 0 Å². The van der Waals surface area contributed by atoms with Crippen LogP contribution in [-0.4, -0.2) is 39.5 Å². The van der Waals surface area contributed by atoms with Crippen LogP contribution in [0.1, 0.15) is 40.0 Å². The quantitative estimate of drug-likeness (QED) is 0.322. The number of rotatable bonds is 9. The first-order chi connectivity index (χ1) is 8.94. The van der Waals surface area contributed by atoms with Gasteiger partial charge < -0.3 is 4.23 Å². The molecule has 0 aromatic carbocycles. The number of nitrogens with zero attached hydrogens (tertiary/aromatic N) is 2. The Morgan fingerprint density at radius 1 is 0.950 bits per heavy atom. The van der Waals surface area contributed by atoms with Gasteiger partial charge in [-0.25, -0.2) is 0 Å². The summed E-state index contributed by atoms with van der Waals surface area (Å²) in [5.41, 5.74) is 1.33. The van der Waals surface area contributed by atoms with Gasteiger partial charge in [-0.3, -0.25) is 4.99 Å². The van der Waals surface area contributed by atoms with Crippen molar-refractivity contribution >= 4 is 22.2 Å². The van der Waals surface area contributed by atoms with Crippen LogP contribution in [0.15, 0.2) is 4.99 Å². The van der Waals surface area contributed by atoms with Crippen molar-refractivity contribution in [3.63, 3.8) is 0 Å². The van der Waals surface area contributed by atoms with Gasteiger partial charge in [-0.15, -0.1) is 0 Å². The maximum atomic E-state index is 4.71. The van der Waals surface area contributed by atoms with Crippen molar-refractivity contribution in [3.05, 3.63) is 0 Å². The Balaban J connectivity index is 4.15. The molecule has 0 heterocycles. The number of hydrogen-bond acceptors (Lipinski definition) is 2. The molecule has 0 unspecified atom stereocenters. The molecule has 0 aromatic rings. The first kappa shape index (κ1) is 20.1. The van der Waals surface area contributed by atoms with E-state index >= 15 is 0 Å². The Morgan fingerprint density at radius 3 is 1.85 bits per heavy atom. The molecule has 0 radical (unpaired) electrons. The molecule has 0 fully saturated rings. The molecule has 0 saturated carbocycles. The van der Waals surface area contributed by atoms with E-state index in [9.17, 15) is 0 Å². The second-order valence-electron chi connectivity index (χ2n) is 8.42. The van der Waals surface area contributed by atoms with E-state index in [0.29, 0.717) is 0 Å². The van der Waals surface area contributed by atoms with Crippen LogP contribution in [0.5, 0.6) is 0 Å². The van der Waals surface area contributed by atoms with Gasteiger partial charge in [0.1, 0.15) is 16.5 Å². The highest BCUT2D eigenvalue weighted by Gasteiger charge is 2.33. The highest BCUT2D eigenvalue weighted by Crippen LogP contribution is 2.20. The minimum Gasteiger partial charge on any atom is -0.346 e. The lowest BCUT2D eigenvalue weighted by atomic mass is 10.1. The maximum Gasteiger partial charge on any atom is 0.112 e. The average molecular weight is 315 g/mol. The van der Waals surface area contributed by atoms with Crippen LogP contribution in [-0.2, 0) is 0 Å². The maximum absolute atomic E-state index is 4.71. The monoisotopic (exact) mass is 314 g/mol. The third kappa shape index (κ3) is 9.08. The number of unbranched alkanes of at least 4 members (excludes halogenated alkanes) is 1. The molecule has 0 rings (SSSR count). The SMILES string of the molecule is CC(CC(C)C)=NCCCCN([Si](C)(C)C)[Si](C)(C)C. The second-order valence-corrected chi connectivity index (χ2v) is 18.6. The fourth-order valence-electron chi connectivity index (χ4n) is 2.98. The summed E-state index contributed by atoms with van der Waals surface area (Å²) in [6.45, 7) is 23.9. The average Bonchev–Trinajstić information content (AvgIpc) is 2.17. The van der Waals surface area contributed by atoms with Crippen LogP contribution in [0, 0.1) is 5.92 Å². The topological polar surface area (TPSA) is 15.6 Å². The van der Waals surface area contributed by atoms with E-state index in [0.717, 1.165) is 18.9 Å². The van der Waals surface area contributed by atoms with E-state index in [4.69, 9.17) is 4.99 Å². The van der Waals surface area contributed by atoms with Crippen LogP contribution in [0.4, 0.5) is 0 Å². The summed E-state index contributed by atoms with van der Waals surface area (Å²) in [7, 11) is -2.33. The summed E-state index contributed by atoms with van der Waals surface area (Å²) in [6, 6.07) is 0. The van der Waals surface area contributed by atoms with Crippen LogP contribution in [0.3, 0.4) is 0 Å². The van der Waals surface area contributed by atoms with Crippen LogP contribution in [0.2, 0.25) is 39.3 Å². The minimum atomic E-state index is -1.17. The van der Waals surface area contributed by atoms with E-state index in [-0.39, 0.29) is 0 Å². The normalized spacial score (nSPS) is 14.4. The standard InChI is InChI=1S/C16H38N2Si2/c1-15(2)14-16(3)17-12-10-11-13-18(19(4,5)6)20(7,8)9/h15H,10-14H2,1-9H3. The molecule has 4 heteroatoms. The molecular weight excluding hydrogens is 276 g/mol. The molecule has 2 nitrogen and oxygen atoms in total. The molecule has 20 heavy (non-hydrogen) atoms. The summed E-state index contributed by atoms with van der Waals surface area (Å²) in [5.74, 6) is 0.730. The lowest BCUT2D eigenvalue weighted by molar-refractivity contribution is 0.565. The third-order valence-electron chi connectivity index (χ3n) is 3.49. The summed E-state index contributed by atoms with van der Waals surface area (Å²) in [6.07, 6.45) is 3.68. The number of aliphatic imine (C=N–C) groups is 1. The lowest BCUT2D eigenvalue weighted by Crippen LogP contribution is -2.59. The van der Waals surface area contributed by atoms with Gasteiger partial charge >= 0.3 is 0 Å². The summed E-state index contributed by atoms with van der Waals surface area (Å²) < 4.78 is 2.88. The molecule has 0 N–H and O–H groups in total. The van der Waals surface area contributed by atoms with Gasteiger partial charge in [0, 0.05) is 12.3 Å². The first-order valence-corrected chi connectivity index (χ1v) is 15.1. The van der Waals surface area contributed by atoms with E-state index in [1.54, 1.807) is 0 Å². The summed E-state index contributed by atoms with van der Waals surface area (Å²) in [5, 5.41) is 0. The zero-order valence-electron chi connectivity index (χ0n) is 15.5. The van der Waals surface area contributed by atoms with Gasteiger partial charge in [0.15, 0.2) is 0 Å². The molecule has 0 spiro atoms. The van der Waals surface area contributed by atoms with Gasteiger partial charge in [0.25, 0.3) is 0 Å². The van der Waals surface area contributed by atoms with E-state index in [1.165, 1.54) is 25.1 Å². The van der Waals surface area contributed by atoms with Crippen molar-refractivity contribution in [2.75, 3.05) is 13.1 Å². The van der Waals surface area contributed by atoms with Crippen LogP contribution < -0.4 is 0 Å². The minimum absolute atomic E-state index is 0.730. The van der Waals surface area contributed by atoms with Crippen molar-refractivity contribution < 1.29 is 0 Å². The molecule has 0 aliphatic rings. The second kappa shape index (κ2) is 8.49. The Bertz CT molecular complexity index is 285. The fourth-order valence-corrected chi connectivity index (χ4v) is 12.7. The molecule has 0 aliphatic carbocycles. The molecule has 0 amide bonds. The molecular formula is C16H38N2Si2. The number of hydrogen-bond donors (Lipinski definition) is 0. The highest BCUT2D eigenvalue weighted by molar-refractivity contribution is 6.89. The van der Waals surface area contributed by atoms with Crippen LogP contribution in [0.25, 0.3) is 0 Å². The zero-order chi connectivity index (χ0) is 16.0. The smallest absolute Gasteiger partial charge is 0.112 e. The molecule has 0 aromatic heterocycles. The predicted molar refractivity (Wildman–Crippen MR) is 100 cm³/mol. The van der Waals surface area contributed by atoms with Crippen molar-refractivity contribution in [2.24, 2.45) is 10.9 Å². The zero-order valence-corrected chi connectivity index (χ0v) is 17.5. The van der Waals surface area contributed by atoms with E-state index in [2.05, 4.69) is 64.3 Å². The molecule has 0 saturated heterocycles. The van der Waals surface area contributed by atoms with Crippen LogP contribution >= 0.6 is 0 Å².